The van der Waals surface area contributed by atoms with Gasteiger partial charge in [-0.15, -0.1) is 0 Å². The molecule has 0 fully saturated rings. The summed E-state index contributed by atoms with van der Waals surface area (Å²) in [5.74, 6) is 1.64. The van der Waals surface area contributed by atoms with Crippen molar-refractivity contribution in [2.75, 3.05) is 20.8 Å². The van der Waals surface area contributed by atoms with E-state index in [0.29, 0.717) is 0 Å². The number of benzene rings is 1. The molecule has 0 saturated carbocycles. The molecule has 0 bridgehead atoms. The Balaban J connectivity index is 2.47. The zero-order valence-electron chi connectivity index (χ0n) is 12.8. The molecule has 112 valence electrons. The van der Waals surface area contributed by atoms with Crippen molar-refractivity contribution in [1.29, 1.82) is 0 Å². The fourth-order valence-corrected chi connectivity index (χ4v) is 2.38. The summed E-state index contributed by atoms with van der Waals surface area (Å²) >= 11 is 0. The first-order valence-electron chi connectivity index (χ1n) is 7.16. The van der Waals surface area contributed by atoms with E-state index in [9.17, 15) is 0 Å². The Morgan fingerprint density at radius 2 is 1.76 bits per heavy atom. The molecule has 2 aromatic rings. The summed E-state index contributed by atoms with van der Waals surface area (Å²) in [6.45, 7) is 3.06. The zero-order chi connectivity index (χ0) is 15.1. The van der Waals surface area contributed by atoms with Crippen molar-refractivity contribution in [3.63, 3.8) is 0 Å². The van der Waals surface area contributed by atoms with Gasteiger partial charge in [0.25, 0.3) is 0 Å². The second kappa shape index (κ2) is 7.64. The topological polar surface area (TPSA) is 43.4 Å². The molecule has 0 radical (unpaired) electrons. The van der Waals surface area contributed by atoms with Crippen molar-refractivity contribution >= 4 is 0 Å². The molecule has 1 heterocycles. The lowest BCUT2D eigenvalue weighted by Crippen LogP contribution is -2.24. The SMILES string of the molecule is CCCNC(c1ccccc1OC)c1ccncc1OC. The molecule has 0 aliphatic rings. The lowest BCUT2D eigenvalue weighted by atomic mass is 9.97. The zero-order valence-corrected chi connectivity index (χ0v) is 12.8. The van der Waals surface area contributed by atoms with Gasteiger partial charge in [-0.1, -0.05) is 25.1 Å². The highest BCUT2D eigenvalue weighted by molar-refractivity contribution is 5.45. The number of hydrogen-bond donors (Lipinski definition) is 1. The van der Waals surface area contributed by atoms with Crippen LogP contribution in [-0.2, 0) is 0 Å². The van der Waals surface area contributed by atoms with E-state index in [2.05, 4.69) is 23.3 Å². The van der Waals surface area contributed by atoms with Crippen molar-refractivity contribution in [1.82, 2.24) is 10.3 Å². The second-order valence-corrected chi connectivity index (χ2v) is 4.75. The predicted octanol–water partition coefficient (Wildman–Crippen LogP) is 3.19. The standard InChI is InChI=1S/C17H22N2O2/c1-4-10-19-17(13-7-5-6-8-15(13)20-2)14-9-11-18-12-16(14)21-3/h5-9,11-12,17,19H,4,10H2,1-3H3. The Morgan fingerprint density at radius 1 is 1.05 bits per heavy atom. The Labute approximate surface area is 126 Å². The highest BCUT2D eigenvalue weighted by Gasteiger charge is 2.20. The van der Waals surface area contributed by atoms with E-state index < -0.39 is 0 Å². The van der Waals surface area contributed by atoms with Gasteiger partial charge in [-0.25, -0.2) is 0 Å². The van der Waals surface area contributed by atoms with Gasteiger partial charge in [0, 0.05) is 17.3 Å². The normalized spacial score (nSPS) is 12.0. The summed E-state index contributed by atoms with van der Waals surface area (Å²) in [6, 6.07) is 10.0. The number of pyridine rings is 1. The van der Waals surface area contributed by atoms with Crippen LogP contribution in [0, 0.1) is 0 Å². The van der Waals surface area contributed by atoms with Gasteiger partial charge in [-0.05, 0) is 25.1 Å². The molecule has 1 N–H and O–H groups in total. The maximum absolute atomic E-state index is 5.50. The van der Waals surface area contributed by atoms with Gasteiger partial charge in [-0.2, -0.15) is 0 Å². The van der Waals surface area contributed by atoms with Crippen LogP contribution in [0.1, 0.15) is 30.5 Å². The van der Waals surface area contributed by atoms with Gasteiger partial charge in [0.15, 0.2) is 0 Å². The van der Waals surface area contributed by atoms with Gasteiger partial charge in [0.2, 0.25) is 0 Å². The van der Waals surface area contributed by atoms with E-state index in [0.717, 1.165) is 35.6 Å². The third-order valence-electron chi connectivity index (χ3n) is 3.40. The first-order valence-corrected chi connectivity index (χ1v) is 7.16. The molecule has 1 aromatic heterocycles. The number of ether oxygens (including phenoxy) is 2. The van der Waals surface area contributed by atoms with Crippen molar-refractivity contribution < 1.29 is 9.47 Å². The molecule has 2 rings (SSSR count). The smallest absolute Gasteiger partial charge is 0.142 e. The highest BCUT2D eigenvalue weighted by Crippen LogP contribution is 2.34. The number of nitrogens with zero attached hydrogens (tertiary/aromatic N) is 1. The Bertz CT molecular complexity index is 525. The van der Waals surface area contributed by atoms with Crippen LogP contribution in [0.15, 0.2) is 42.7 Å². The predicted molar refractivity (Wildman–Crippen MR) is 83.9 cm³/mol. The van der Waals surface area contributed by atoms with Crippen molar-refractivity contribution in [3.8, 4) is 11.5 Å². The van der Waals surface area contributed by atoms with Crippen molar-refractivity contribution in [3.05, 3.63) is 53.9 Å². The summed E-state index contributed by atoms with van der Waals surface area (Å²) in [4.78, 5) is 4.13. The Morgan fingerprint density at radius 3 is 2.48 bits per heavy atom. The molecule has 1 aromatic carbocycles. The van der Waals surface area contributed by atoms with Gasteiger partial charge < -0.3 is 14.8 Å². The van der Waals surface area contributed by atoms with E-state index in [4.69, 9.17) is 9.47 Å². The van der Waals surface area contributed by atoms with Crippen molar-refractivity contribution in [2.45, 2.75) is 19.4 Å². The van der Waals surface area contributed by atoms with E-state index in [1.165, 1.54) is 0 Å². The summed E-state index contributed by atoms with van der Waals surface area (Å²) in [7, 11) is 3.36. The van der Waals surface area contributed by atoms with Crippen LogP contribution in [0.3, 0.4) is 0 Å². The molecule has 0 spiro atoms. The third-order valence-corrected chi connectivity index (χ3v) is 3.40. The van der Waals surface area contributed by atoms with Crippen LogP contribution in [0.5, 0.6) is 11.5 Å². The largest absolute Gasteiger partial charge is 0.496 e. The van der Waals surface area contributed by atoms with Crippen molar-refractivity contribution in [2.24, 2.45) is 0 Å². The molecule has 0 saturated heterocycles. The molecule has 0 aliphatic heterocycles. The number of nitrogens with one attached hydrogen (secondary N) is 1. The number of para-hydroxylation sites is 1. The summed E-state index contributed by atoms with van der Waals surface area (Å²) in [6.07, 6.45) is 4.58. The number of rotatable bonds is 7. The molecule has 4 nitrogen and oxygen atoms in total. The second-order valence-electron chi connectivity index (χ2n) is 4.75. The lowest BCUT2D eigenvalue weighted by molar-refractivity contribution is 0.392. The van der Waals surface area contributed by atoms with E-state index >= 15 is 0 Å². The Kier molecular flexibility index (Phi) is 5.58. The minimum atomic E-state index is 0.0130. The first-order chi connectivity index (χ1) is 10.3. The van der Waals surface area contributed by atoms with Crippen LogP contribution < -0.4 is 14.8 Å². The maximum Gasteiger partial charge on any atom is 0.142 e. The number of hydrogen-bond acceptors (Lipinski definition) is 4. The third kappa shape index (κ3) is 3.52. The molecule has 1 atom stereocenters. The minimum Gasteiger partial charge on any atom is -0.496 e. The Hall–Kier alpha value is -2.07. The van der Waals surface area contributed by atoms with E-state index in [-0.39, 0.29) is 6.04 Å². The summed E-state index contributed by atoms with van der Waals surface area (Å²) in [5, 5.41) is 3.56. The van der Waals surface area contributed by atoms with Gasteiger partial charge >= 0.3 is 0 Å². The maximum atomic E-state index is 5.50. The molecule has 0 aliphatic carbocycles. The number of aromatic nitrogens is 1. The molecule has 0 amide bonds. The van der Waals surface area contributed by atoms with E-state index in [1.54, 1.807) is 26.6 Å². The number of methoxy groups -OCH3 is 2. The highest BCUT2D eigenvalue weighted by atomic mass is 16.5. The minimum absolute atomic E-state index is 0.0130. The molecule has 1 unspecified atom stereocenters. The monoisotopic (exact) mass is 286 g/mol. The van der Waals surface area contributed by atoms with E-state index in [1.807, 2.05) is 24.3 Å². The fraction of sp³-hybridized carbons (Fsp3) is 0.353. The molecular formula is C17H22N2O2. The lowest BCUT2D eigenvalue weighted by Gasteiger charge is -2.23. The molecule has 4 heteroatoms. The summed E-state index contributed by atoms with van der Waals surface area (Å²) in [5.41, 5.74) is 2.16. The van der Waals surface area contributed by atoms with Crippen LogP contribution in [-0.4, -0.2) is 25.7 Å². The van der Waals surface area contributed by atoms with Crippen LogP contribution >= 0.6 is 0 Å². The first kappa shape index (κ1) is 15.3. The molecule has 21 heavy (non-hydrogen) atoms. The van der Waals surface area contributed by atoms with Gasteiger partial charge in [0.1, 0.15) is 11.5 Å². The summed E-state index contributed by atoms with van der Waals surface area (Å²) < 4.78 is 11.0. The van der Waals surface area contributed by atoms with Gasteiger partial charge in [0.05, 0.1) is 26.5 Å². The quantitative estimate of drug-likeness (QED) is 0.849. The molecular weight excluding hydrogens is 264 g/mol. The fourth-order valence-electron chi connectivity index (χ4n) is 2.38. The van der Waals surface area contributed by atoms with Crippen LogP contribution in [0.25, 0.3) is 0 Å². The van der Waals surface area contributed by atoms with Crippen LogP contribution in [0.2, 0.25) is 0 Å². The van der Waals surface area contributed by atoms with Crippen LogP contribution in [0.4, 0.5) is 0 Å². The van der Waals surface area contributed by atoms with Gasteiger partial charge in [-0.3, -0.25) is 4.98 Å². The average Bonchev–Trinajstić information content (AvgIpc) is 2.56. The average molecular weight is 286 g/mol.